The second kappa shape index (κ2) is 5.24. The zero-order chi connectivity index (χ0) is 13.3. The van der Waals surface area contributed by atoms with E-state index in [0.717, 1.165) is 14.5 Å². The van der Waals surface area contributed by atoms with E-state index >= 15 is 0 Å². The minimum Gasteiger partial charge on any atom is -0.495 e. The normalized spacial score (nSPS) is 16.8. The van der Waals surface area contributed by atoms with Crippen molar-refractivity contribution >= 4 is 49.8 Å². The molecule has 0 aromatic heterocycles. The number of esters is 1. The first-order valence-corrected chi connectivity index (χ1v) is 6.62. The molecule has 2 rings (SSSR count). The molecule has 4 nitrogen and oxygen atoms in total. The second-order valence-corrected chi connectivity index (χ2v) is 5.33. The summed E-state index contributed by atoms with van der Waals surface area (Å²) in [6.45, 7) is 1.63. The topological polar surface area (TPSA) is 47.9 Å². The van der Waals surface area contributed by atoms with Gasteiger partial charge in [0.15, 0.2) is 11.6 Å². The molecule has 0 N–H and O–H groups in total. The van der Waals surface area contributed by atoms with Crippen molar-refractivity contribution in [1.29, 1.82) is 0 Å². The van der Waals surface area contributed by atoms with Crippen molar-refractivity contribution < 1.29 is 14.3 Å². The Morgan fingerprint density at radius 1 is 1.39 bits per heavy atom. The van der Waals surface area contributed by atoms with Crippen LogP contribution in [-0.4, -0.2) is 19.0 Å². The average Bonchev–Trinajstić information content (AvgIpc) is 2.57. The fraction of sp³-hybridized carbons (Fsp3) is 0.167. The van der Waals surface area contributed by atoms with Gasteiger partial charge in [0.2, 0.25) is 0 Å². The molecule has 1 heterocycles. The van der Waals surface area contributed by atoms with E-state index in [4.69, 9.17) is 9.47 Å². The van der Waals surface area contributed by atoms with Crippen molar-refractivity contribution in [3.05, 3.63) is 32.3 Å². The summed E-state index contributed by atoms with van der Waals surface area (Å²) < 4.78 is 11.8. The molecule has 0 radical (unpaired) electrons. The number of hydrogen-bond donors (Lipinski definition) is 0. The summed E-state index contributed by atoms with van der Waals surface area (Å²) in [6, 6.07) is 3.70. The number of halogens is 2. The second-order valence-electron chi connectivity index (χ2n) is 3.56. The van der Waals surface area contributed by atoms with Gasteiger partial charge in [-0.2, -0.15) is 0 Å². The number of methoxy groups -OCH3 is 1. The first kappa shape index (κ1) is 13.3. The van der Waals surface area contributed by atoms with Gasteiger partial charge in [-0.1, -0.05) is 15.9 Å². The molecule has 6 heteroatoms. The smallest absolute Gasteiger partial charge is 0.363 e. The molecule has 1 aliphatic rings. The van der Waals surface area contributed by atoms with Crippen molar-refractivity contribution in [2.75, 3.05) is 7.11 Å². The summed E-state index contributed by atoms with van der Waals surface area (Å²) >= 11 is 6.78. The molecule has 0 saturated carbocycles. The standard InChI is InChI=1S/C12H9Br2NO3/c1-6-15-10(12(16)18-6)4-7-3-8(13)5-9(14)11(7)17-2/h3-5H,1-2H3/b10-4-. The Balaban J connectivity index is 2.52. The Labute approximate surface area is 121 Å². The summed E-state index contributed by atoms with van der Waals surface area (Å²) in [5.41, 5.74) is 1.000. The quantitative estimate of drug-likeness (QED) is 0.587. The maximum absolute atomic E-state index is 11.5. The van der Waals surface area contributed by atoms with E-state index in [1.807, 2.05) is 12.1 Å². The van der Waals surface area contributed by atoms with Gasteiger partial charge in [-0.15, -0.1) is 0 Å². The van der Waals surface area contributed by atoms with Crippen LogP contribution in [0.5, 0.6) is 5.75 Å². The third-order valence-corrected chi connectivity index (χ3v) is 3.31. The molecule has 1 aromatic carbocycles. The zero-order valence-corrected chi connectivity index (χ0v) is 12.8. The van der Waals surface area contributed by atoms with Crippen LogP contribution >= 0.6 is 31.9 Å². The molecule has 94 valence electrons. The molecule has 1 aromatic rings. The predicted octanol–water partition coefficient (Wildman–Crippen LogP) is 3.54. The number of benzene rings is 1. The highest BCUT2D eigenvalue weighted by Gasteiger charge is 2.20. The monoisotopic (exact) mass is 373 g/mol. The molecule has 0 aliphatic carbocycles. The summed E-state index contributed by atoms with van der Waals surface area (Å²) in [5, 5.41) is 0. The SMILES string of the molecule is COc1c(Br)cc(Br)cc1/C=C1\N=C(C)OC1=O. The highest BCUT2D eigenvalue weighted by Crippen LogP contribution is 2.34. The number of cyclic esters (lactones) is 1. The van der Waals surface area contributed by atoms with Gasteiger partial charge in [-0.05, 0) is 34.1 Å². The van der Waals surface area contributed by atoms with Gasteiger partial charge in [0, 0.05) is 17.0 Å². The Hall–Kier alpha value is -1.14. The summed E-state index contributed by atoms with van der Waals surface area (Å²) in [7, 11) is 1.57. The lowest BCUT2D eigenvalue weighted by Crippen LogP contribution is -2.00. The van der Waals surface area contributed by atoms with Gasteiger partial charge in [0.1, 0.15) is 5.75 Å². The number of hydrogen-bond acceptors (Lipinski definition) is 4. The molecule has 18 heavy (non-hydrogen) atoms. The van der Waals surface area contributed by atoms with Crippen molar-refractivity contribution in [2.24, 2.45) is 4.99 Å². The van der Waals surface area contributed by atoms with Gasteiger partial charge in [-0.25, -0.2) is 9.79 Å². The Morgan fingerprint density at radius 3 is 2.67 bits per heavy atom. The molecule has 0 amide bonds. The molecule has 0 bridgehead atoms. The van der Waals surface area contributed by atoms with Crippen LogP contribution in [0, 0.1) is 0 Å². The van der Waals surface area contributed by atoms with Crippen molar-refractivity contribution in [2.45, 2.75) is 6.92 Å². The third-order valence-electron chi connectivity index (χ3n) is 2.26. The molecule has 0 fully saturated rings. The van der Waals surface area contributed by atoms with E-state index in [2.05, 4.69) is 36.9 Å². The van der Waals surface area contributed by atoms with Crippen molar-refractivity contribution in [3.63, 3.8) is 0 Å². The maximum Gasteiger partial charge on any atom is 0.363 e. The van der Waals surface area contributed by atoms with Gasteiger partial charge in [-0.3, -0.25) is 0 Å². The number of rotatable bonds is 2. The summed E-state index contributed by atoms with van der Waals surface area (Å²) in [4.78, 5) is 15.5. The largest absolute Gasteiger partial charge is 0.495 e. The van der Waals surface area contributed by atoms with E-state index < -0.39 is 5.97 Å². The van der Waals surface area contributed by atoms with Crippen LogP contribution in [0.1, 0.15) is 12.5 Å². The van der Waals surface area contributed by atoms with Crippen LogP contribution in [0.3, 0.4) is 0 Å². The summed E-state index contributed by atoms with van der Waals surface area (Å²) in [6.07, 6.45) is 1.63. The van der Waals surface area contributed by atoms with Gasteiger partial charge >= 0.3 is 5.97 Å². The molecular formula is C12H9Br2NO3. The van der Waals surface area contributed by atoms with Crippen LogP contribution in [0.25, 0.3) is 6.08 Å². The highest BCUT2D eigenvalue weighted by molar-refractivity contribution is 9.11. The third kappa shape index (κ3) is 2.64. The number of carbonyl (C=O) groups is 1. The molecule has 0 unspecified atom stereocenters. The van der Waals surface area contributed by atoms with Crippen LogP contribution in [0.4, 0.5) is 0 Å². The first-order valence-electron chi connectivity index (χ1n) is 5.03. The van der Waals surface area contributed by atoms with Gasteiger partial charge in [0.25, 0.3) is 0 Å². The van der Waals surface area contributed by atoms with Crippen molar-refractivity contribution in [3.8, 4) is 5.75 Å². The lowest BCUT2D eigenvalue weighted by atomic mass is 10.1. The molecule has 0 atom stereocenters. The number of nitrogens with zero attached hydrogens (tertiary/aromatic N) is 1. The minimum atomic E-state index is -0.453. The Kier molecular flexibility index (Phi) is 3.87. The van der Waals surface area contributed by atoms with Crippen LogP contribution in [0.2, 0.25) is 0 Å². The van der Waals surface area contributed by atoms with Gasteiger partial charge < -0.3 is 9.47 Å². The average molecular weight is 375 g/mol. The van der Waals surface area contributed by atoms with E-state index in [9.17, 15) is 4.79 Å². The number of ether oxygens (including phenoxy) is 2. The maximum atomic E-state index is 11.5. The number of aliphatic imine (C=N–C) groups is 1. The molecule has 0 spiro atoms. The van der Waals surface area contributed by atoms with Crippen LogP contribution < -0.4 is 4.74 Å². The first-order chi connectivity index (χ1) is 8.51. The van der Waals surface area contributed by atoms with E-state index in [0.29, 0.717) is 11.6 Å². The molecule has 0 saturated heterocycles. The predicted molar refractivity (Wildman–Crippen MR) is 75.6 cm³/mol. The Morgan fingerprint density at radius 2 is 2.11 bits per heavy atom. The molecule has 1 aliphatic heterocycles. The number of carbonyl (C=O) groups excluding carboxylic acids is 1. The van der Waals surface area contributed by atoms with E-state index in [-0.39, 0.29) is 5.70 Å². The Bertz CT molecular complexity index is 579. The van der Waals surface area contributed by atoms with Crippen LogP contribution in [0.15, 0.2) is 31.8 Å². The van der Waals surface area contributed by atoms with Crippen molar-refractivity contribution in [1.82, 2.24) is 0 Å². The van der Waals surface area contributed by atoms with Crippen LogP contribution in [-0.2, 0) is 9.53 Å². The fourth-order valence-electron chi connectivity index (χ4n) is 1.57. The zero-order valence-electron chi connectivity index (χ0n) is 9.66. The van der Waals surface area contributed by atoms with E-state index in [1.165, 1.54) is 0 Å². The minimum absolute atomic E-state index is 0.260. The molecular weight excluding hydrogens is 366 g/mol. The van der Waals surface area contributed by atoms with Gasteiger partial charge in [0.05, 0.1) is 11.6 Å². The fourth-order valence-corrected chi connectivity index (χ4v) is 2.99. The summed E-state index contributed by atoms with van der Waals surface area (Å²) in [5.74, 6) is 0.531. The lowest BCUT2D eigenvalue weighted by molar-refractivity contribution is -0.130. The highest BCUT2D eigenvalue weighted by atomic mass is 79.9. The lowest BCUT2D eigenvalue weighted by Gasteiger charge is -2.08. The van der Waals surface area contributed by atoms with E-state index in [1.54, 1.807) is 20.1 Å².